The summed E-state index contributed by atoms with van der Waals surface area (Å²) in [7, 11) is 0. The Morgan fingerprint density at radius 1 is 0.231 bits per heavy atom. The molecule has 36 heteroatoms. The fourth-order valence-electron chi connectivity index (χ4n) is 11.9. The first-order valence-corrected chi connectivity index (χ1v) is 31.1. The molecule has 35 atom stereocenters. The third-order valence-corrected chi connectivity index (χ3v) is 17.5. The lowest BCUT2D eigenvalue weighted by atomic mass is 9.95. The van der Waals surface area contributed by atoms with Crippen LogP contribution in [0.3, 0.4) is 0 Å². The lowest BCUT2D eigenvalue weighted by Gasteiger charge is -2.49. The van der Waals surface area contributed by atoms with E-state index in [1.807, 2.05) is 0 Å². The number of unbranched alkanes of at least 4 members (excludes halogenated alkanes) is 10. The first-order valence-electron chi connectivity index (χ1n) is 31.1. The highest BCUT2D eigenvalue weighted by Gasteiger charge is 2.58. The Kier molecular flexibility index (Phi) is 30.8. The third-order valence-electron chi connectivity index (χ3n) is 17.5. The predicted molar refractivity (Wildman–Crippen MR) is 292 cm³/mol. The molecule has 0 saturated carbocycles. The smallest absolute Gasteiger partial charge is 0.187 e. The molecule has 91 heavy (non-hydrogen) atoms. The van der Waals surface area contributed by atoms with E-state index in [1.165, 1.54) is 19.3 Å². The van der Waals surface area contributed by atoms with Crippen LogP contribution in [0.25, 0.3) is 0 Å². The molecule has 7 aliphatic heterocycles. The van der Waals surface area contributed by atoms with Gasteiger partial charge in [-0.05, 0) is 6.42 Å². The van der Waals surface area contributed by atoms with Crippen molar-refractivity contribution in [2.75, 3.05) is 52.9 Å². The number of aliphatic hydroxyl groups excluding tert-OH is 22. The second-order valence-electron chi connectivity index (χ2n) is 24.0. The predicted octanol–water partition coefficient (Wildman–Crippen LogP) is -10.9. The summed E-state index contributed by atoms with van der Waals surface area (Å²) in [5.41, 5.74) is 0. The van der Waals surface area contributed by atoms with E-state index in [0.29, 0.717) is 12.8 Å². The molecule has 7 saturated heterocycles. The average Bonchev–Trinajstić information content (AvgIpc) is 0.902. The Labute approximate surface area is 522 Å². The van der Waals surface area contributed by atoms with Crippen LogP contribution in [0.15, 0.2) is 0 Å². The van der Waals surface area contributed by atoms with Gasteiger partial charge >= 0.3 is 0 Å². The molecular formula is C55H98O36. The molecule has 534 valence electrons. The van der Waals surface area contributed by atoms with Crippen molar-refractivity contribution in [3.8, 4) is 0 Å². The Hall–Kier alpha value is -1.44. The summed E-state index contributed by atoms with van der Waals surface area (Å²) in [4.78, 5) is 0. The largest absolute Gasteiger partial charge is 0.394 e. The van der Waals surface area contributed by atoms with Crippen molar-refractivity contribution in [1.29, 1.82) is 0 Å². The molecule has 0 unspecified atom stereocenters. The molecule has 7 aliphatic rings. The second-order valence-corrected chi connectivity index (χ2v) is 24.0. The standard InChI is InChI=1S/C55H98O36/c1-2-3-4-5-6-7-8-9-10-11-12-13-78-50-42(75)47(89-54-41(74)37(70)45(25(18-60)85-54)88-52-39(72)35(68)29(62)22(15-57)83-52)32(65)26(86-50)19-80-51-43(76)46(31(64)24(17-59)82-51)91-55-44(77)48(90-53-40(73)36(69)30(63)23(16-58)84-53)33(66)27(87-55)20-79-49-38(71)34(67)28(61)21(14-56)81-49/h21-77H,2-20H2,1H3/t21-,22-,23-,24-,25-,26-,27-,28-,29+,30-,31-,32-,33-,34+,35+,36+,37-,38-,39-,40-,41-,42-,43-,44-,45-,46+,47+,48+,49-,50-,51-,52+,53+,54+,55+/m1/s1. The average molecular weight is 1340 g/mol. The van der Waals surface area contributed by atoms with E-state index in [0.717, 1.165) is 38.5 Å². The summed E-state index contributed by atoms with van der Waals surface area (Å²) < 4.78 is 80.5. The van der Waals surface area contributed by atoms with Crippen LogP contribution in [0.4, 0.5) is 0 Å². The van der Waals surface area contributed by atoms with Gasteiger partial charge in [0, 0.05) is 6.61 Å². The summed E-state index contributed by atoms with van der Waals surface area (Å²) in [6.07, 6.45) is -55.8. The highest BCUT2D eigenvalue weighted by atomic mass is 16.8. The lowest BCUT2D eigenvalue weighted by molar-refractivity contribution is -0.389. The van der Waals surface area contributed by atoms with Gasteiger partial charge in [0.05, 0.1) is 46.2 Å². The van der Waals surface area contributed by atoms with Crippen molar-refractivity contribution < 1.29 is 179 Å². The van der Waals surface area contributed by atoms with Crippen molar-refractivity contribution >= 4 is 0 Å². The first-order chi connectivity index (χ1) is 43.5. The zero-order valence-corrected chi connectivity index (χ0v) is 50.2. The zero-order chi connectivity index (χ0) is 66.5. The van der Waals surface area contributed by atoms with Gasteiger partial charge in [-0.1, -0.05) is 71.1 Å². The first kappa shape index (κ1) is 76.9. The number of aliphatic hydroxyl groups is 22. The van der Waals surface area contributed by atoms with Crippen LogP contribution >= 0.6 is 0 Å². The molecule has 0 spiro atoms. The van der Waals surface area contributed by atoms with Crippen LogP contribution in [0.1, 0.15) is 77.6 Å². The molecule has 7 rings (SSSR count). The molecule has 0 bridgehead atoms. The van der Waals surface area contributed by atoms with Crippen molar-refractivity contribution in [1.82, 2.24) is 0 Å². The maximum absolute atomic E-state index is 11.9. The lowest BCUT2D eigenvalue weighted by Crippen LogP contribution is -2.67. The number of hydrogen-bond donors (Lipinski definition) is 22. The molecular weight excluding hydrogens is 1240 g/mol. The minimum absolute atomic E-state index is 0.0131. The van der Waals surface area contributed by atoms with E-state index >= 15 is 0 Å². The van der Waals surface area contributed by atoms with Gasteiger partial charge in [-0.15, -0.1) is 0 Å². The van der Waals surface area contributed by atoms with E-state index in [9.17, 15) is 112 Å². The molecule has 22 N–H and O–H groups in total. The summed E-state index contributed by atoms with van der Waals surface area (Å²) in [6, 6.07) is 0. The van der Waals surface area contributed by atoms with Crippen LogP contribution < -0.4 is 0 Å². The summed E-state index contributed by atoms with van der Waals surface area (Å²) in [6.45, 7) is -4.22. The number of hydrogen-bond acceptors (Lipinski definition) is 36. The minimum Gasteiger partial charge on any atom is -0.394 e. The van der Waals surface area contributed by atoms with Gasteiger partial charge in [0.25, 0.3) is 0 Å². The van der Waals surface area contributed by atoms with Crippen LogP contribution in [0, 0.1) is 0 Å². The van der Waals surface area contributed by atoms with E-state index in [1.54, 1.807) is 0 Å². The molecule has 7 heterocycles. The van der Waals surface area contributed by atoms with Crippen molar-refractivity contribution in [3.05, 3.63) is 0 Å². The number of ether oxygens (including phenoxy) is 14. The quantitative estimate of drug-likeness (QED) is 0.0278. The maximum atomic E-state index is 11.9. The van der Waals surface area contributed by atoms with Crippen LogP contribution in [0.2, 0.25) is 0 Å². The minimum atomic E-state index is -2.27. The van der Waals surface area contributed by atoms with Gasteiger partial charge in [0.1, 0.15) is 171 Å². The van der Waals surface area contributed by atoms with Crippen LogP contribution in [-0.4, -0.2) is 380 Å². The van der Waals surface area contributed by atoms with E-state index in [4.69, 9.17) is 66.3 Å². The van der Waals surface area contributed by atoms with Gasteiger partial charge in [-0.3, -0.25) is 0 Å². The van der Waals surface area contributed by atoms with Gasteiger partial charge < -0.3 is 179 Å². The summed E-state index contributed by atoms with van der Waals surface area (Å²) in [5.74, 6) is 0. The Morgan fingerprint density at radius 3 is 0.901 bits per heavy atom. The normalized spacial score (nSPS) is 47.6. The van der Waals surface area contributed by atoms with Crippen molar-refractivity contribution in [2.45, 2.75) is 292 Å². The third kappa shape index (κ3) is 18.7. The Morgan fingerprint density at radius 2 is 0.495 bits per heavy atom. The van der Waals surface area contributed by atoms with E-state index in [-0.39, 0.29) is 6.61 Å². The molecule has 0 aromatic heterocycles. The van der Waals surface area contributed by atoms with Gasteiger partial charge in [0.2, 0.25) is 0 Å². The highest BCUT2D eigenvalue weighted by molar-refractivity contribution is 5.00. The van der Waals surface area contributed by atoms with Crippen LogP contribution in [-0.2, 0) is 66.3 Å². The van der Waals surface area contributed by atoms with E-state index in [2.05, 4.69) is 6.92 Å². The fraction of sp³-hybridized carbons (Fsp3) is 1.00. The summed E-state index contributed by atoms with van der Waals surface area (Å²) >= 11 is 0. The Bertz CT molecular complexity index is 2040. The van der Waals surface area contributed by atoms with Gasteiger partial charge in [-0.2, -0.15) is 0 Å². The second kappa shape index (κ2) is 36.4. The Balaban J connectivity index is 1.07. The van der Waals surface area contributed by atoms with Crippen molar-refractivity contribution in [2.24, 2.45) is 0 Å². The number of rotatable bonds is 32. The molecule has 0 aromatic carbocycles. The van der Waals surface area contributed by atoms with E-state index < -0.39 is 261 Å². The van der Waals surface area contributed by atoms with Gasteiger partial charge in [0.15, 0.2) is 44.0 Å². The molecule has 0 radical (unpaired) electrons. The SMILES string of the molecule is CCCCCCCCCCCCCO[C@@H]1O[C@H](CO[C@@H]2O[C@H](CO)[C@@H](O)[C@H](O[C@@H]3O[C@H](CO[C@@H]4O[C@H](CO)[C@@H](O)[C@H](O)[C@H]4O)[C@@H](O)[C@H](O[C@@H]4O[C@H](CO)[C@@H](O)[C@H](O)[C@H]4O)[C@H]3O)[C@H]2O)[C@@H](O)[C@H](O[C@@H]2O[C@H](CO)[C@@H](O[C@@H]3O[C@H](CO)[C@H](O)[C@H](O)[C@H]3O)[C@H](O)[C@H]2O)[C@H]1O. The molecule has 0 aliphatic carbocycles. The molecule has 36 nitrogen and oxygen atoms in total. The van der Waals surface area contributed by atoms with Crippen molar-refractivity contribution in [3.63, 3.8) is 0 Å². The highest BCUT2D eigenvalue weighted by Crippen LogP contribution is 2.37. The fourth-order valence-corrected chi connectivity index (χ4v) is 11.9. The molecule has 0 aromatic rings. The van der Waals surface area contributed by atoms with Crippen LogP contribution in [0.5, 0.6) is 0 Å². The zero-order valence-electron chi connectivity index (χ0n) is 50.2. The topological polar surface area (TPSA) is 574 Å². The maximum Gasteiger partial charge on any atom is 0.187 e. The summed E-state index contributed by atoms with van der Waals surface area (Å²) in [5, 5.41) is 238. The molecule has 7 fully saturated rings. The van der Waals surface area contributed by atoms with Gasteiger partial charge in [-0.25, -0.2) is 0 Å². The monoisotopic (exact) mass is 1330 g/mol. The molecule has 0 amide bonds.